The molecule has 2 aromatic carbocycles. The molecule has 106 valence electrons. The zero-order valence-corrected chi connectivity index (χ0v) is 13.0. The third-order valence-corrected chi connectivity index (χ3v) is 3.45. The van der Waals surface area contributed by atoms with Crippen molar-refractivity contribution in [3.8, 4) is 0 Å². The number of halogens is 1. The molecule has 0 saturated carbocycles. The van der Waals surface area contributed by atoms with Gasteiger partial charge in [-0.1, -0.05) is 29.8 Å². The van der Waals surface area contributed by atoms with E-state index in [0.717, 1.165) is 23.8 Å². The molecule has 2 rings (SSSR count). The molecular formula is C17H21ClN2. The van der Waals surface area contributed by atoms with E-state index in [0.29, 0.717) is 0 Å². The highest BCUT2D eigenvalue weighted by Gasteiger charge is 2.01. The number of anilines is 1. The normalized spacial score (nSPS) is 10.8. The van der Waals surface area contributed by atoms with Crippen LogP contribution in [0.25, 0.3) is 0 Å². The fourth-order valence-electron chi connectivity index (χ4n) is 2.20. The summed E-state index contributed by atoms with van der Waals surface area (Å²) in [5.74, 6) is 0. The first kappa shape index (κ1) is 14.9. The molecule has 0 radical (unpaired) electrons. The van der Waals surface area contributed by atoms with E-state index in [1.165, 1.54) is 16.7 Å². The van der Waals surface area contributed by atoms with E-state index in [1.54, 1.807) is 0 Å². The minimum atomic E-state index is 0.791. The molecule has 0 aliphatic heterocycles. The Hall–Kier alpha value is -1.51. The van der Waals surface area contributed by atoms with Gasteiger partial charge in [0.05, 0.1) is 0 Å². The fourth-order valence-corrected chi connectivity index (χ4v) is 2.43. The standard InChI is InChI=1S/C17H21ClN2/c1-13-9-16(18)8-7-15(13)11-19-17-6-4-5-14(10-17)12-20(2)3/h4-10,19H,11-12H2,1-3H3. The summed E-state index contributed by atoms with van der Waals surface area (Å²) < 4.78 is 0. The van der Waals surface area contributed by atoms with Crippen LogP contribution in [-0.2, 0) is 13.1 Å². The predicted octanol–water partition coefficient (Wildman–Crippen LogP) is 4.32. The van der Waals surface area contributed by atoms with E-state index < -0.39 is 0 Å². The van der Waals surface area contributed by atoms with E-state index in [4.69, 9.17) is 11.6 Å². The Labute approximate surface area is 126 Å². The molecule has 0 fully saturated rings. The predicted molar refractivity (Wildman–Crippen MR) is 87.3 cm³/mol. The molecule has 0 aliphatic rings. The molecule has 0 amide bonds. The lowest BCUT2D eigenvalue weighted by molar-refractivity contribution is 0.402. The van der Waals surface area contributed by atoms with Crippen molar-refractivity contribution in [3.63, 3.8) is 0 Å². The number of rotatable bonds is 5. The third-order valence-electron chi connectivity index (χ3n) is 3.21. The molecule has 0 aliphatic carbocycles. The Kier molecular flexibility index (Phi) is 5.05. The van der Waals surface area contributed by atoms with Crippen molar-refractivity contribution in [2.24, 2.45) is 0 Å². The maximum atomic E-state index is 5.98. The largest absolute Gasteiger partial charge is 0.381 e. The van der Waals surface area contributed by atoms with Crippen LogP contribution in [0.1, 0.15) is 16.7 Å². The molecule has 0 bridgehead atoms. The van der Waals surface area contributed by atoms with Crippen LogP contribution in [0.5, 0.6) is 0 Å². The van der Waals surface area contributed by atoms with Crippen LogP contribution in [0.15, 0.2) is 42.5 Å². The summed E-state index contributed by atoms with van der Waals surface area (Å²) in [4.78, 5) is 2.17. The van der Waals surface area contributed by atoms with Gasteiger partial charge in [-0.2, -0.15) is 0 Å². The highest BCUT2D eigenvalue weighted by molar-refractivity contribution is 6.30. The van der Waals surface area contributed by atoms with Crippen molar-refractivity contribution in [3.05, 3.63) is 64.2 Å². The molecule has 2 nitrogen and oxygen atoms in total. The van der Waals surface area contributed by atoms with Crippen LogP contribution in [0.4, 0.5) is 5.69 Å². The number of nitrogens with one attached hydrogen (secondary N) is 1. The van der Waals surface area contributed by atoms with Gasteiger partial charge in [-0.15, -0.1) is 0 Å². The Balaban J connectivity index is 2.03. The maximum Gasteiger partial charge on any atom is 0.0408 e. The van der Waals surface area contributed by atoms with Gasteiger partial charge in [-0.25, -0.2) is 0 Å². The minimum absolute atomic E-state index is 0.791. The Morgan fingerprint density at radius 3 is 2.60 bits per heavy atom. The van der Waals surface area contributed by atoms with Crippen molar-refractivity contribution in [1.82, 2.24) is 4.90 Å². The maximum absolute atomic E-state index is 5.98. The molecule has 0 unspecified atom stereocenters. The van der Waals surface area contributed by atoms with E-state index >= 15 is 0 Å². The van der Waals surface area contributed by atoms with Crippen LogP contribution in [0.2, 0.25) is 5.02 Å². The first-order valence-corrected chi connectivity index (χ1v) is 7.15. The van der Waals surface area contributed by atoms with Gasteiger partial charge in [0.2, 0.25) is 0 Å². The van der Waals surface area contributed by atoms with Gasteiger partial charge in [0.1, 0.15) is 0 Å². The lowest BCUT2D eigenvalue weighted by Crippen LogP contribution is -2.10. The van der Waals surface area contributed by atoms with E-state index in [2.05, 4.69) is 61.6 Å². The van der Waals surface area contributed by atoms with Crippen molar-refractivity contribution < 1.29 is 0 Å². The van der Waals surface area contributed by atoms with Crippen molar-refractivity contribution in [1.29, 1.82) is 0 Å². The second kappa shape index (κ2) is 6.78. The highest BCUT2D eigenvalue weighted by Crippen LogP contribution is 2.18. The summed E-state index contributed by atoms with van der Waals surface area (Å²) >= 11 is 5.98. The van der Waals surface area contributed by atoms with Gasteiger partial charge in [0.25, 0.3) is 0 Å². The monoisotopic (exact) mass is 288 g/mol. The Morgan fingerprint density at radius 2 is 1.90 bits per heavy atom. The molecule has 0 atom stereocenters. The van der Waals surface area contributed by atoms with Crippen LogP contribution in [0.3, 0.4) is 0 Å². The number of benzene rings is 2. The average molecular weight is 289 g/mol. The number of hydrogen-bond acceptors (Lipinski definition) is 2. The Bertz CT molecular complexity index is 579. The van der Waals surface area contributed by atoms with Crippen LogP contribution in [-0.4, -0.2) is 19.0 Å². The molecule has 2 aromatic rings. The van der Waals surface area contributed by atoms with E-state index in [-0.39, 0.29) is 0 Å². The molecular weight excluding hydrogens is 268 g/mol. The number of nitrogens with zero attached hydrogens (tertiary/aromatic N) is 1. The van der Waals surface area contributed by atoms with Crippen molar-refractivity contribution in [2.75, 3.05) is 19.4 Å². The minimum Gasteiger partial charge on any atom is -0.381 e. The number of hydrogen-bond donors (Lipinski definition) is 1. The second-order valence-electron chi connectivity index (χ2n) is 5.36. The van der Waals surface area contributed by atoms with Crippen LogP contribution < -0.4 is 5.32 Å². The molecule has 0 aromatic heterocycles. The molecule has 0 saturated heterocycles. The summed E-state index contributed by atoms with van der Waals surface area (Å²) in [5.41, 5.74) is 4.95. The summed E-state index contributed by atoms with van der Waals surface area (Å²) in [6.07, 6.45) is 0. The Morgan fingerprint density at radius 1 is 1.10 bits per heavy atom. The highest BCUT2D eigenvalue weighted by atomic mass is 35.5. The zero-order chi connectivity index (χ0) is 14.5. The van der Waals surface area contributed by atoms with Gasteiger partial charge in [-0.05, 0) is 62.0 Å². The van der Waals surface area contributed by atoms with Crippen molar-refractivity contribution >= 4 is 17.3 Å². The summed E-state index contributed by atoms with van der Waals surface area (Å²) in [5, 5.41) is 4.26. The van der Waals surface area contributed by atoms with Gasteiger partial charge in [0, 0.05) is 23.8 Å². The number of aryl methyl sites for hydroxylation is 1. The third kappa shape index (κ3) is 4.26. The van der Waals surface area contributed by atoms with Gasteiger partial charge >= 0.3 is 0 Å². The summed E-state index contributed by atoms with van der Waals surface area (Å²) in [6, 6.07) is 14.6. The van der Waals surface area contributed by atoms with Gasteiger partial charge < -0.3 is 10.2 Å². The van der Waals surface area contributed by atoms with E-state index in [1.807, 2.05) is 12.1 Å². The summed E-state index contributed by atoms with van der Waals surface area (Å²) in [6.45, 7) is 3.86. The summed E-state index contributed by atoms with van der Waals surface area (Å²) in [7, 11) is 4.16. The smallest absolute Gasteiger partial charge is 0.0408 e. The first-order valence-electron chi connectivity index (χ1n) is 6.77. The lowest BCUT2D eigenvalue weighted by atomic mass is 10.1. The molecule has 20 heavy (non-hydrogen) atoms. The fraction of sp³-hybridized carbons (Fsp3) is 0.294. The average Bonchev–Trinajstić information content (AvgIpc) is 2.37. The first-order chi connectivity index (χ1) is 9.54. The molecule has 0 spiro atoms. The van der Waals surface area contributed by atoms with Crippen LogP contribution in [0, 0.1) is 6.92 Å². The van der Waals surface area contributed by atoms with Crippen LogP contribution >= 0.6 is 11.6 Å². The lowest BCUT2D eigenvalue weighted by Gasteiger charge is -2.13. The quantitative estimate of drug-likeness (QED) is 0.881. The zero-order valence-electron chi connectivity index (χ0n) is 12.3. The topological polar surface area (TPSA) is 15.3 Å². The van der Waals surface area contributed by atoms with Gasteiger partial charge in [-0.3, -0.25) is 0 Å². The molecule has 0 heterocycles. The molecule has 1 N–H and O–H groups in total. The van der Waals surface area contributed by atoms with Crippen molar-refractivity contribution in [2.45, 2.75) is 20.0 Å². The van der Waals surface area contributed by atoms with E-state index in [9.17, 15) is 0 Å². The SMILES string of the molecule is Cc1cc(Cl)ccc1CNc1cccc(CN(C)C)c1. The van der Waals surface area contributed by atoms with Gasteiger partial charge in [0.15, 0.2) is 0 Å². The second-order valence-corrected chi connectivity index (χ2v) is 5.80. The molecule has 3 heteroatoms.